The Morgan fingerprint density at radius 2 is 2.33 bits per heavy atom. The van der Waals surface area contributed by atoms with Gasteiger partial charge >= 0.3 is 0 Å². The number of anilines is 1. The van der Waals surface area contributed by atoms with Crippen LogP contribution >= 0.6 is 24.0 Å². The molecule has 0 aliphatic heterocycles. The van der Waals surface area contributed by atoms with E-state index in [2.05, 4.69) is 5.10 Å². The second-order valence-electron chi connectivity index (χ2n) is 1.51. The Morgan fingerprint density at radius 1 is 1.78 bits per heavy atom. The summed E-state index contributed by atoms with van der Waals surface area (Å²) in [6.45, 7) is 0. The molecule has 0 amide bonds. The monoisotopic (exact) mass is 167 g/mol. The molecule has 1 heterocycles. The van der Waals surface area contributed by atoms with Crippen LogP contribution in [0.25, 0.3) is 0 Å². The fraction of sp³-hybridized carbons (Fsp3) is 0.250. The standard InChI is InChI=1S/C4H6ClN3.ClH/c1-8-4(5)3(6)2-7-8;/h2H,6H2,1H3;1H. The van der Waals surface area contributed by atoms with E-state index in [1.54, 1.807) is 7.05 Å². The predicted octanol–water partition coefficient (Wildman–Crippen LogP) is 1.08. The number of hydrogen-bond acceptors (Lipinski definition) is 2. The van der Waals surface area contributed by atoms with Gasteiger partial charge in [0.1, 0.15) is 5.15 Å². The van der Waals surface area contributed by atoms with Crippen LogP contribution in [0, 0.1) is 0 Å². The predicted molar refractivity (Wildman–Crippen MR) is 39.9 cm³/mol. The van der Waals surface area contributed by atoms with Crippen LogP contribution in [0.3, 0.4) is 0 Å². The molecule has 0 bridgehead atoms. The van der Waals surface area contributed by atoms with Crippen molar-refractivity contribution in [3.8, 4) is 0 Å². The number of aromatic nitrogens is 2. The van der Waals surface area contributed by atoms with Crippen molar-refractivity contribution in [1.82, 2.24) is 9.78 Å². The fourth-order valence-electron chi connectivity index (χ4n) is 0.440. The highest BCUT2D eigenvalue weighted by atomic mass is 35.5. The van der Waals surface area contributed by atoms with Gasteiger partial charge in [-0.1, -0.05) is 11.6 Å². The summed E-state index contributed by atoms with van der Waals surface area (Å²) in [4.78, 5) is 0. The summed E-state index contributed by atoms with van der Waals surface area (Å²) < 4.78 is 1.51. The lowest BCUT2D eigenvalue weighted by Gasteiger charge is -1.87. The summed E-state index contributed by atoms with van der Waals surface area (Å²) >= 11 is 5.57. The molecule has 0 unspecified atom stereocenters. The lowest BCUT2D eigenvalue weighted by Crippen LogP contribution is -1.89. The van der Waals surface area contributed by atoms with Crippen LogP contribution in [0.15, 0.2) is 6.20 Å². The van der Waals surface area contributed by atoms with E-state index in [0.29, 0.717) is 10.8 Å². The summed E-state index contributed by atoms with van der Waals surface area (Å²) in [6.07, 6.45) is 1.52. The third-order valence-electron chi connectivity index (χ3n) is 0.892. The Balaban J connectivity index is 0.000000640. The minimum atomic E-state index is 0. The number of nitrogen functional groups attached to an aromatic ring is 1. The minimum Gasteiger partial charge on any atom is -0.395 e. The molecule has 2 N–H and O–H groups in total. The molecule has 1 aromatic heterocycles. The van der Waals surface area contributed by atoms with Crippen LogP contribution in [-0.2, 0) is 7.05 Å². The zero-order valence-electron chi connectivity index (χ0n) is 4.84. The lowest BCUT2D eigenvalue weighted by molar-refractivity contribution is 0.769. The van der Waals surface area contributed by atoms with E-state index < -0.39 is 0 Å². The molecule has 9 heavy (non-hydrogen) atoms. The van der Waals surface area contributed by atoms with Crippen molar-refractivity contribution in [1.29, 1.82) is 0 Å². The summed E-state index contributed by atoms with van der Waals surface area (Å²) in [6, 6.07) is 0. The van der Waals surface area contributed by atoms with E-state index >= 15 is 0 Å². The average Bonchev–Trinajstić information content (AvgIpc) is 1.98. The van der Waals surface area contributed by atoms with Crippen molar-refractivity contribution in [3.05, 3.63) is 11.3 Å². The highest BCUT2D eigenvalue weighted by Gasteiger charge is 1.97. The molecule has 0 aliphatic rings. The Hall–Kier alpha value is -0.410. The third-order valence-corrected chi connectivity index (χ3v) is 1.36. The lowest BCUT2D eigenvalue weighted by atomic mass is 10.6. The number of halogens is 2. The van der Waals surface area contributed by atoms with Gasteiger partial charge in [-0.3, -0.25) is 4.68 Å². The van der Waals surface area contributed by atoms with Crippen LogP contribution in [-0.4, -0.2) is 9.78 Å². The normalized spacial score (nSPS) is 8.67. The van der Waals surface area contributed by atoms with Crippen LogP contribution in [0.5, 0.6) is 0 Å². The molecule has 52 valence electrons. The maximum Gasteiger partial charge on any atom is 0.149 e. The van der Waals surface area contributed by atoms with Gasteiger partial charge < -0.3 is 5.73 Å². The van der Waals surface area contributed by atoms with E-state index in [1.807, 2.05) is 0 Å². The molecule has 5 heteroatoms. The maximum atomic E-state index is 5.57. The summed E-state index contributed by atoms with van der Waals surface area (Å²) in [5, 5.41) is 4.27. The maximum absolute atomic E-state index is 5.57. The highest BCUT2D eigenvalue weighted by Crippen LogP contribution is 2.14. The molecule has 0 aliphatic carbocycles. The Labute approximate surface area is 64.2 Å². The van der Waals surface area contributed by atoms with E-state index in [4.69, 9.17) is 17.3 Å². The first kappa shape index (κ1) is 8.59. The van der Waals surface area contributed by atoms with Crippen molar-refractivity contribution in [2.75, 3.05) is 5.73 Å². The van der Waals surface area contributed by atoms with Crippen LogP contribution in [0.2, 0.25) is 5.15 Å². The Kier molecular flexibility index (Phi) is 2.81. The van der Waals surface area contributed by atoms with Gasteiger partial charge in [-0.25, -0.2) is 0 Å². The molecule has 3 nitrogen and oxygen atoms in total. The second-order valence-corrected chi connectivity index (χ2v) is 1.87. The van der Waals surface area contributed by atoms with Crippen LogP contribution < -0.4 is 5.73 Å². The zero-order chi connectivity index (χ0) is 6.15. The largest absolute Gasteiger partial charge is 0.395 e. The van der Waals surface area contributed by atoms with Crippen molar-refractivity contribution in [2.24, 2.45) is 7.05 Å². The Morgan fingerprint density at radius 3 is 2.44 bits per heavy atom. The number of rotatable bonds is 0. The van der Waals surface area contributed by atoms with Crippen molar-refractivity contribution in [3.63, 3.8) is 0 Å². The molecule has 1 aromatic rings. The SMILES string of the molecule is Cl.Cn1ncc(N)c1Cl. The van der Waals surface area contributed by atoms with Crippen LogP contribution in [0.1, 0.15) is 0 Å². The van der Waals surface area contributed by atoms with Gasteiger partial charge in [0.25, 0.3) is 0 Å². The van der Waals surface area contributed by atoms with E-state index in [0.717, 1.165) is 0 Å². The molecule has 1 rings (SSSR count). The van der Waals surface area contributed by atoms with E-state index in [9.17, 15) is 0 Å². The first-order valence-electron chi connectivity index (χ1n) is 2.15. The fourth-order valence-corrected chi connectivity index (χ4v) is 0.532. The number of nitrogens with two attached hydrogens (primary N) is 1. The first-order chi connectivity index (χ1) is 3.72. The third kappa shape index (κ3) is 1.50. The molecular formula is C4H7Cl2N3. The molecular weight excluding hydrogens is 161 g/mol. The molecule has 0 saturated heterocycles. The van der Waals surface area contributed by atoms with Gasteiger partial charge in [-0.2, -0.15) is 5.10 Å². The number of aryl methyl sites for hydroxylation is 1. The van der Waals surface area contributed by atoms with Crippen molar-refractivity contribution >= 4 is 29.7 Å². The quantitative estimate of drug-likeness (QED) is 0.629. The van der Waals surface area contributed by atoms with Crippen molar-refractivity contribution < 1.29 is 0 Å². The summed E-state index contributed by atoms with van der Waals surface area (Å²) in [7, 11) is 1.73. The molecule has 0 atom stereocenters. The smallest absolute Gasteiger partial charge is 0.149 e. The van der Waals surface area contributed by atoms with E-state index in [1.165, 1.54) is 10.9 Å². The second kappa shape index (κ2) is 2.94. The van der Waals surface area contributed by atoms with Crippen LogP contribution in [0.4, 0.5) is 5.69 Å². The highest BCUT2D eigenvalue weighted by molar-refractivity contribution is 6.31. The number of hydrogen-bond donors (Lipinski definition) is 1. The molecule has 0 radical (unpaired) electrons. The van der Waals surface area contributed by atoms with Gasteiger partial charge in [0.2, 0.25) is 0 Å². The van der Waals surface area contributed by atoms with Gasteiger partial charge in [0, 0.05) is 7.05 Å². The van der Waals surface area contributed by atoms with Crippen molar-refractivity contribution in [2.45, 2.75) is 0 Å². The van der Waals surface area contributed by atoms with Gasteiger partial charge in [0.15, 0.2) is 0 Å². The van der Waals surface area contributed by atoms with Gasteiger partial charge in [-0.15, -0.1) is 12.4 Å². The van der Waals surface area contributed by atoms with E-state index in [-0.39, 0.29) is 12.4 Å². The summed E-state index contributed by atoms with van der Waals surface area (Å²) in [5.41, 5.74) is 5.85. The number of nitrogens with zero attached hydrogens (tertiary/aromatic N) is 2. The minimum absolute atomic E-state index is 0. The zero-order valence-corrected chi connectivity index (χ0v) is 6.41. The Bertz CT molecular complexity index is 176. The topological polar surface area (TPSA) is 43.8 Å². The first-order valence-corrected chi connectivity index (χ1v) is 2.52. The molecule has 0 saturated carbocycles. The average molecular weight is 168 g/mol. The summed E-state index contributed by atoms with van der Waals surface area (Å²) in [5.74, 6) is 0. The molecule has 0 fully saturated rings. The molecule has 0 aromatic carbocycles. The van der Waals surface area contributed by atoms with Gasteiger partial charge in [-0.05, 0) is 0 Å². The molecule has 0 spiro atoms. The van der Waals surface area contributed by atoms with Gasteiger partial charge in [0.05, 0.1) is 11.9 Å².